The van der Waals surface area contributed by atoms with Gasteiger partial charge in [0.05, 0.1) is 0 Å². The fourth-order valence-corrected chi connectivity index (χ4v) is 18.2. The summed E-state index contributed by atoms with van der Waals surface area (Å²) in [5.41, 5.74) is 58.8. The molecule has 0 spiro atoms. The van der Waals surface area contributed by atoms with E-state index in [9.17, 15) is 0 Å². The Morgan fingerprint density at radius 2 is 0.250 bits per heavy atom. The van der Waals surface area contributed by atoms with Crippen molar-refractivity contribution in [2.24, 2.45) is 0 Å². The van der Waals surface area contributed by atoms with Crippen LogP contribution in [-0.2, 0) is 0 Å². The van der Waals surface area contributed by atoms with Crippen molar-refractivity contribution in [2.75, 3.05) is 0 Å². The monoisotopic (exact) mass is 1750 g/mol. The fourth-order valence-electron chi connectivity index (χ4n) is 18.2. The highest BCUT2D eigenvalue weighted by Crippen LogP contribution is 2.40. The quantitative estimate of drug-likeness (QED) is 0.0960. The Kier molecular flexibility index (Phi) is 29.9. The topological polar surface area (TPSA) is 0 Å². The van der Waals surface area contributed by atoms with Crippen LogP contribution in [0.2, 0.25) is 0 Å². The Morgan fingerprint density at radius 1 is 0.0809 bits per heavy atom. The predicted octanol–water partition coefficient (Wildman–Crippen LogP) is 38.4. The van der Waals surface area contributed by atoms with Crippen molar-refractivity contribution in [3.05, 3.63) is 538 Å². The van der Waals surface area contributed by atoms with Gasteiger partial charge in [-0.3, -0.25) is 0 Å². The maximum atomic E-state index is 2.31. The van der Waals surface area contributed by atoms with E-state index in [1.54, 1.807) is 0 Å². The Balaban J connectivity index is 0.000000123. The lowest BCUT2D eigenvalue weighted by atomic mass is 9.92. The Bertz CT molecular complexity index is 7360. The highest BCUT2D eigenvalue weighted by molar-refractivity contribution is 5.86. The van der Waals surface area contributed by atoms with Crippen LogP contribution in [0.15, 0.2) is 449 Å². The summed E-state index contributed by atoms with van der Waals surface area (Å²) >= 11 is 0. The summed E-state index contributed by atoms with van der Waals surface area (Å²) in [6.07, 6.45) is 0. The zero-order chi connectivity index (χ0) is 94.9. The molecule has 0 N–H and O–H groups in total. The van der Waals surface area contributed by atoms with Gasteiger partial charge >= 0.3 is 0 Å². The first-order chi connectivity index (χ1) is 65.9. The van der Waals surface area contributed by atoms with Gasteiger partial charge in [0.25, 0.3) is 0 Å². The van der Waals surface area contributed by atoms with E-state index in [1.807, 2.05) is 0 Å². The summed E-state index contributed by atoms with van der Waals surface area (Å²) in [5, 5.41) is 0. The van der Waals surface area contributed by atoms with Crippen LogP contribution in [0.1, 0.15) is 89.0 Å². The maximum absolute atomic E-state index is 2.31. The molecule has 0 aliphatic rings. The van der Waals surface area contributed by atoms with Crippen molar-refractivity contribution in [3.63, 3.8) is 0 Å². The van der Waals surface area contributed by atoms with Gasteiger partial charge in [0.2, 0.25) is 0 Å². The summed E-state index contributed by atoms with van der Waals surface area (Å²) in [6, 6.07) is 163. The SMILES string of the molecule is Cc1ccc(-c2ccc(-c3cc(C)cc(-c4ccc(C)cc4)c3)cc2)cc1.Cc1ccc(-c2ccc(C)c(-c3ccc(-c4cccc(C)c4)cc3)c2)cc1.Cc1ccc(-c2ccccc2-c2ccc(-c3cc(C)cc(C)c3)cc2)cc1.Cc1ccc(C)c(-c2ccc(-c3ccc(-c4cc(C)ccc4C)cc3)cc2)c1.Cc1cccc(-c2ccc(-c3cccc(-c4cc(C)cc(C)c4)c3)cc2)c1. The molecule has 0 fully saturated rings. The van der Waals surface area contributed by atoms with Gasteiger partial charge in [-0.1, -0.05) is 497 Å². The fraction of sp³-hybridized carbons (Fsp3) is 0.118. The second kappa shape index (κ2) is 43.4. The van der Waals surface area contributed by atoms with Crippen molar-refractivity contribution >= 4 is 0 Å². The minimum Gasteiger partial charge on any atom is -0.0616 e. The van der Waals surface area contributed by atoms with Crippen molar-refractivity contribution in [1.82, 2.24) is 0 Å². The Morgan fingerprint density at radius 3 is 0.559 bits per heavy atom. The molecular formula is C136H122. The van der Waals surface area contributed by atoms with E-state index in [-0.39, 0.29) is 0 Å². The number of hydrogen-bond acceptors (Lipinski definition) is 0. The van der Waals surface area contributed by atoms with Crippen LogP contribution in [0.3, 0.4) is 0 Å². The van der Waals surface area contributed by atoms with Crippen LogP contribution in [0.25, 0.3) is 167 Å². The molecule has 0 aliphatic carbocycles. The Labute approximate surface area is 809 Å². The highest BCUT2D eigenvalue weighted by atomic mass is 14.2. The van der Waals surface area contributed by atoms with Gasteiger partial charge in [-0.2, -0.15) is 0 Å². The lowest BCUT2D eigenvalue weighted by Crippen LogP contribution is -1.87. The van der Waals surface area contributed by atoms with Crippen molar-refractivity contribution in [3.8, 4) is 167 Å². The molecule has 0 atom stereocenters. The summed E-state index contributed by atoms with van der Waals surface area (Å²) in [7, 11) is 0. The van der Waals surface area contributed by atoms with Crippen LogP contribution in [-0.4, -0.2) is 0 Å². The zero-order valence-electron chi connectivity index (χ0n) is 81.7. The molecular weight excluding hydrogens is 1630 g/mol. The number of hydrogen-bond donors (Lipinski definition) is 0. The van der Waals surface area contributed by atoms with Crippen LogP contribution in [0, 0.1) is 111 Å². The molecule has 0 amide bonds. The van der Waals surface area contributed by atoms with Crippen LogP contribution < -0.4 is 0 Å². The standard InChI is InChI=1S/C28H26.4C27H24/c1-19-5-7-21(3)27(17-19)25-13-9-23(10-14-25)24-11-15-26(16-12-24)28-18-20(2)6-8-22(28)4;1-19-4-8-22(9-5-19)23-12-14-25(15-13-23)27-17-21(3)16-26(18-27)24-10-6-20(2)7-11-24;1-19-6-4-7-24(15-19)22-10-12-23(13-11-22)25-8-5-9-26(18-25)27-16-20(2)14-21(3)17-27;1-19-7-10-22(11-8-19)26-12-9-21(3)27(18-26)24-15-13-23(14-16-24)25-6-4-5-20(2)17-25;1-19-8-10-23(11-9-19)26-6-4-5-7-27(26)24-14-12-22(13-15-24)25-17-20(2)16-21(3)18-25/h5-18H,1-4H3;4*4-18H,1-3H3. The second-order valence-corrected chi connectivity index (χ2v) is 37.3. The van der Waals surface area contributed by atoms with Gasteiger partial charge in [-0.25, -0.2) is 0 Å². The normalized spacial score (nSPS) is 10.8. The molecule has 20 aromatic rings. The smallest absolute Gasteiger partial charge is 0.0105 e. The van der Waals surface area contributed by atoms with Gasteiger partial charge in [-0.15, -0.1) is 0 Å². The van der Waals surface area contributed by atoms with Crippen molar-refractivity contribution in [2.45, 2.75) is 111 Å². The molecule has 0 aliphatic heterocycles. The largest absolute Gasteiger partial charge is 0.0616 e. The molecule has 0 nitrogen and oxygen atoms in total. The van der Waals surface area contributed by atoms with E-state index in [2.05, 4.69) is 560 Å². The van der Waals surface area contributed by atoms with E-state index in [0.717, 1.165) is 0 Å². The van der Waals surface area contributed by atoms with E-state index in [0.29, 0.717) is 0 Å². The maximum Gasteiger partial charge on any atom is -0.0105 e. The average molecular weight is 1760 g/mol. The van der Waals surface area contributed by atoms with E-state index in [4.69, 9.17) is 0 Å². The van der Waals surface area contributed by atoms with E-state index in [1.165, 1.54) is 256 Å². The van der Waals surface area contributed by atoms with Gasteiger partial charge in [0.1, 0.15) is 0 Å². The molecule has 0 radical (unpaired) electrons. The molecule has 0 saturated carbocycles. The van der Waals surface area contributed by atoms with Gasteiger partial charge in [0.15, 0.2) is 0 Å². The highest BCUT2D eigenvalue weighted by Gasteiger charge is 2.15. The third kappa shape index (κ3) is 24.1. The van der Waals surface area contributed by atoms with Crippen LogP contribution >= 0.6 is 0 Å². The molecule has 20 rings (SSSR count). The van der Waals surface area contributed by atoms with Crippen LogP contribution in [0.4, 0.5) is 0 Å². The zero-order valence-corrected chi connectivity index (χ0v) is 81.7. The molecule has 136 heavy (non-hydrogen) atoms. The second-order valence-electron chi connectivity index (χ2n) is 37.3. The third-order valence-corrected chi connectivity index (χ3v) is 25.8. The molecule has 0 heteroatoms. The number of rotatable bonds is 15. The summed E-state index contributed by atoms with van der Waals surface area (Å²) in [4.78, 5) is 0. The minimum absolute atomic E-state index is 1.25. The first-order valence-electron chi connectivity index (χ1n) is 47.7. The predicted molar refractivity (Wildman–Crippen MR) is 590 cm³/mol. The van der Waals surface area contributed by atoms with Gasteiger partial charge < -0.3 is 0 Å². The summed E-state index contributed by atoms with van der Waals surface area (Å²) in [5.74, 6) is 0. The summed E-state index contributed by atoms with van der Waals surface area (Å²) < 4.78 is 0. The first-order valence-corrected chi connectivity index (χ1v) is 47.7. The van der Waals surface area contributed by atoms with Gasteiger partial charge in [0, 0.05) is 0 Å². The van der Waals surface area contributed by atoms with Crippen LogP contribution in [0.5, 0.6) is 0 Å². The third-order valence-electron chi connectivity index (χ3n) is 25.8. The molecule has 666 valence electrons. The number of benzene rings is 20. The number of aryl methyl sites for hydroxylation is 16. The molecule has 0 heterocycles. The summed E-state index contributed by atoms with van der Waals surface area (Å²) in [6.45, 7) is 34.4. The molecule has 20 aromatic carbocycles. The average Bonchev–Trinajstić information content (AvgIpc) is 0.808. The van der Waals surface area contributed by atoms with Gasteiger partial charge in [-0.05, 0) is 318 Å². The molecule has 0 unspecified atom stereocenters. The lowest BCUT2D eigenvalue weighted by molar-refractivity contribution is 1.38. The van der Waals surface area contributed by atoms with E-state index >= 15 is 0 Å². The lowest BCUT2D eigenvalue weighted by Gasteiger charge is -2.12. The van der Waals surface area contributed by atoms with Crippen molar-refractivity contribution in [1.29, 1.82) is 0 Å². The minimum atomic E-state index is 1.25. The molecule has 0 bridgehead atoms. The van der Waals surface area contributed by atoms with Crippen molar-refractivity contribution < 1.29 is 0 Å². The molecule has 0 aromatic heterocycles. The van der Waals surface area contributed by atoms with E-state index < -0.39 is 0 Å². The molecule has 0 saturated heterocycles. The first kappa shape index (κ1) is 93.6. The Hall–Kier alpha value is -15.6.